The van der Waals surface area contributed by atoms with Crippen molar-refractivity contribution in [2.45, 2.75) is 16.6 Å². The molecule has 1 aliphatic heterocycles. The molecule has 7 rings (SSSR count). The van der Waals surface area contributed by atoms with Crippen LogP contribution < -0.4 is 21.0 Å². The van der Waals surface area contributed by atoms with E-state index in [9.17, 15) is 19.2 Å². The molecule has 9 nitrogen and oxygen atoms in total. The molecule has 6 aromatic carbocycles. The van der Waals surface area contributed by atoms with Gasteiger partial charge in [-0.1, -0.05) is 127 Å². The average Bonchev–Trinajstić information content (AvgIpc) is 3.60. The van der Waals surface area contributed by atoms with Gasteiger partial charge >= 0.3 is 0 Å². The van der Waals surface area contributed by atoms with Gasteiger partial charge in [-0.2, -0.15) is 10.1 Å². The van der Waals surface area contributed by atoms with Gasteiger partial charge in [-0.15, -0.1) is 11.8 Å². The van der Waals surface area contributed by atoms with E-state index in [1.165, 1.54) is 16.8 Å². The van der Waals surface area contributed by atoms with E-state index < -0.39 is 17.1 Å². The standard InChI is InChI=1S/C45H35N5O4S/c51-41-30-40(49-50(41)37-21-11-4-12-22-37)48-45(54)42(34-16-7-2-8-17-34)55-38-23-13-20-36(29-38)46-44(53)39(47-43(52)35-18-9-3-10-19-35)28-31-24-26-33(27-25-31)32-14-5-1-6-15-32/h1-29,42H,30H2,(H,46,53)(H,47,52)(H,48,49,54)/b39-28+. The minimum absolute atomic E-state index is 0.0395. The summed E-state index contributed by atoms with van der Waals surface area (Å²) in [6.45, 7) is 0. The highest BCUT2D eigenvalue weighted by Crippen LogP contribution is 2.37. The van der Waals surface area contributed by atoms with Gasteiger partial charge in [-0.25, -0.2) is 0 Å². The van der Waals surface area contributed by atoms with Crippen molar-refractivity contribution in [3.63, 3.8) is 0 Å². The lowest BCUT2D eigenvalue weighted by atomic mass is 10.0. The first-order chi connectivity index (χ1) is 26.9. The second-order valence-corrected chi connectivity index (χ2v) is 13.7. The number of rotatable bonds is 11. The number of nitrogens with zero attached hydrogens (tertiary/aromatic N) is 2. The van der Waals surface area contributed by atoms with E-state index >= 15 is 0 Å². The van der Waals surface area contributed by atoms with E-state index in [4.69, 9.17) is 0 Å². The molecular formula is C45H35N5O4S. The summed E-state index contributed by atoms with van der Waals surface area (Å²) in [5.41, 5.74) is 5.09. The molecule has 0 saturated heterocycles. The Hall–Kier alpha value is -7.04. The smallest absolute Gasteiger partial charge is 0.272 e. The number of carbonyl (C=O) groups is 4. The average molecular weight is 742 g/mol. The number of hydrogen-bond donors (Lipinski definition) is 3. The normalized spacial score (nSPS) is 13.1. The third kappa shape index (κ3) is 9.31. The van der Waals surface area contributed by atoms with E-state index in [1.54, 1.807) is 60.7 Å². The number of amidine groups is 1. The van der Waals surface area contributed by atoms with Crippen LogP contribution in [0.1, 0.15) is 33.2 Å². The van der Waals surface area contributed by atoms with E-state index in [2.05, 4.69) is 21.1 Å². The van der Waals surface area contributed by atoms with Crippen molar-refractivity contribution in [3.8, 4) is 11.1 Å². The highest BCUT2D eigenvalue weighted by molar-refractivity contribution is 8.00. The fraction of sp³-hybridized carbons (Fsp3) is 0.0444. The maximum atomic E-state index is 13.9. The summed E-state index contributed by atoms with van der Waals surface area (Å²) >= 11 is 1.29. The van der Waals surface area contributed by atoms with Gasteiger partial charge in [0, 0.05) is 16.1 Å². The van der Waals surface area contributed by atoms with Crippen LogP contribution in [0.2, 0.25) is 0 Å². The maximum Gasteiger partial charge on any atom is 0.272 e. The number of hydrogen-bond acceptors (Lipinski definition) is 6. The number of para-hydroxylation sites is 1. The van der Waals surface area contributed by atoms with Crippen molar-refractivity contribution in [1.82, 2.24) is 10.6 Å². The molecule has 0 saturated carbocycles. The van der Waals surface area contributed by atoms with Gasteiger partial charge in [-0.05, 0) is 70.8 Å². The SMILES string of the molecule is O=C(Nc1cccc(SC(C(=O)NC2=NN(c3ccccc3)C(=O)C2)c2ccccc2)c1)/C(=C\c1ccc(-c2ccccc2)cc1)NC(=O)c1ccccc1. The second-order valence-electron chi connectivity index (χ2n) is 12.5. The molecule has 270 valence electrons. The topological polar surface area (TPSA) is 120 Å². The van der Waals surface area contributed by atoms with Gasteiger partial charge in [0.05, 0.1) is 12.1 Å². The third-order valence-electron chi connectivity index (χ3n) is 8.59. The van der Waals surface area contributed by atoms with Gasteiger partial charge in [0.15, 0.2) is 0 Å². The van der Waals surface area contributed by atoms with Crippen molar-refractivity contribution < 1.29 is 19.2 Å². The molecule has 3 N–H and O–H groups in total. The fourth-order valence-electron chi connectivity index (χ4n) is 5.87. The first-order valence-electron chi connectivity index (χ1n) is 17.5. The Morgan fingerprint density at radius 1 is 0.673 bits per heavy atom. The number of anilines is 2. The number of carbonyl (C=O) groups excluding carboxylic acids is 4. The molecule has 0 bridgehead atoms. The Morgan fingerprint density at radius 3 is 1.98 bits per heavy atom. The molecule has 1 heterocycles. The summed E-state index contributed by atoms with van der Waals surface area (Å²) in [6, 6.07) is 51.8. The Kier molecular flexibility index (Phi) is 11.4. The molecule has 6 aromatic rings. The van der Waals surface area contributed by atoms with Gasteiger partial charge in [0.1, 0.15) is 16.8 Å². The zero-order chi connectivity index (χ0) is 38.0. The van der Waals surface area contributed by atoms with E-state index in [0.717, 1.165) is 22.3 Å². The van der Waals surface area contributed by atoms with Gasteiger partial charge in [-0.3, -0.25) is 19.2 Å². The summed E-state index contributed by atoms with van der Waals surface area (Å²) in [5.74, 6) is -1.29. The van der Waals surface area contributed by atoms with Crippen LogP contribution in [0.15, 0.2) is 186 Å². The Bertz CT molecular complexity index is 2370. The van der Waals surface area contributed by atoms with Crippen LogP contribution >= 0.6 is 11.8 Å². The zero-order valence-electron chi connectivity index (χ0n) is 29.5. The van der Waals surface area contributed by atoms with Crippen LogP contribution in [0.4, 0.5) is 11.4 Å². The largest absolute Gasteiger partial charge is 0.321 e. The minimum Gasteiger partial charge on any atom is -0.321 e. The summed E-state index contributed by atoms with van der Waals surface area (Å²) in [6.07, 6.45) is 1.59. The maximum absolute atomic E-state index is 13.9. The summed E-state index contributed by atoms with van der Waals surface area (Å²) in [5, 5.41) is 13.6. The summed E-state index contributed by atoms with van der Waals surface area (Å²) in [4.78, 5) is 54.4. The lowest BCUT2D eigenvalue weighted by molar-refractivity contribution is -0.119. The Labute approximate surface area is 322 Å². The van der Waals surface area contributed by atoms with E-state index in [0.29, 0.717) is 21.8 Å². The fourth-order valence-corrected chi connectivity index (χ4v) is 6.96. The second kappa shape index (κ2) is 17.2. The molecule has 0 fully saturated rings. The monoisotopic (exact) mass is 741 g/mol. The predicted octanol–water partition coefficient (Wildman–Crippen LogP) is 8.46. The molecular weight excluding hydrogens is 707 g/mol. The van der Waals surface area contributed by atoms with Gasteiger partial charge < -0.3 is 16.0 Å². The first-order valence-corrected chi connectivity index (χ1v) is 18.4. The molecule has 1 atom stereocenters. The van der Waals surface area contributed by atoms with Crippen LogP contribution in [0.5, 0.6) is 0 Å². The molecule has 55 heavy (non-hydrogen) atoms. The van der Waals surface area contributed by atoms with Crippen LogP contribution in [0.3, 0.4) is 0 Å². The van der Waals surface area contributed by atoms with Crippen LogP contribution in [-0.4, -0.2) is 29.5 Å². The lowest BCUT2D eigenvalue weighted by Crippen LogP contribution is -2.33. The molecule has 1 unspecified atom stereocenters. The quantitative estimate of drug-likeness (QED) is 0.0910. The lowest BCUT2D eigenvalue weighted by Gasteiger charge is -2.17. The van der Waals surface area contributed by atoms with Crippen molar-refractivity contribution in [2.24, 2.45) is 5.10 Å². The molecule has 0 aromatic heterocycles. The first kappa shape index (κ1) is 36.3. The molecule has 0 spiro atoms. The van der Waals surface area contributed by atoms with Crippen molar-refractivity contribution in [3.05, 3.63) is 192 Å². The van der Waals surface area contributed by atoms with Crippen LogP contribution in [-0.2, 0) is 14.4 Å². The highest BCUT2D eigenvalue weighted by atomic mass is 32.2. The predicted molar refractivity (Wildman–Crippen MR) is 218 cm³/mol. The molecule has 1 aliphatic rings. The van der Waals surface area contributed by atoms with Crippen LogP contribution in [0, 0.1) is 0 Å². The molecule has 0 aliphatic carbocycles. The third-order valence-corrected chi connectivity index (χ3v) is 9.84. The van der Waals surface area contributed by atoms with Gasteiger partial charge in [0.2, 0.25) is 5.91 Å². The van der Waals surface area contributed by atoms with Crippen molar-refractivity contribution in [2.75, 3.05) is 10.3 Å². The molecule has 4 amide bonds. The Morgan fingerprint density at radius 2 is 1.29 bits per heavy atom. The number of thioether (sulfide) groups is 1. The highest BCUT2D eigenvalue weighted by Gasteiger charge is 2.29. The number of hydrazone groups is 1. The number of nitrogens with one attached hydrogen (secondary N) is 3. The van der Waals surface area contributed by atoms with Gasteiger partial charge in [0.25, 0.3) is 17.7 Å². The van der Waals surface area contributed by atoms with Crippen molar-refractivity contribution in [1.29, 1.82) is 0 Å². The summed E-state index contributed by atoms with van der Waals surface area (Å²) in [7, 11) is 0. The van der Waals surface area contributed by atoms with Crippen molar-refractivity contribution >= 4 is 58.7 Å². The van der Waals surface area contributed by atoms with E-state index in [1.807, 2.05) is 115 Å². The van der Waals surface area contributed by atoms with Crippen LogP contribution in [0.25, 0.3) is 17.2 Å². The number of amides is 4. The minimum atomic E-state index is -0.713. The zero-order valence-corrected chi connectivity index (χ0v) is 30.3. The number of benzene rings is 6. The Balaban J connectivity index is 1.10. The van der Waals surface area contributed by atoms with E-state index in [-0.39, 0.29) is 29.8 Å². The summed E-state index contributed by atoms with van der Waals surface area (Å²) < 4.78 is 0. The molecule has 10 heteroatoms. The molecule has 0 radical (unpaired) electrons.